The third-order valence-electron chi connectivity index (χ3n) is 5.18. The number of carbonyl (C=O) groups excluding carboxylic acids is 1. The van der Waals surface area contributed by atoms with Crippen molar-refractivity contribution in [3.63, 3.8) is 0 Å². The molecule has 0 atom stereocenters. The normalized spacial score (nSPS) is 14.1. The second-order valence-electron chi connectivity index (χ2n) is 7.31. The molecule has 31 heavy (non-hydrogen) atoms. The number of phenols is 1. The van der Waals surface area contributed by atoms with E-state index in [0.29, 0.717) is 21.3 Å². The lowest BCUT2D eigenvalue weighted by atomic mass is 9.94. The van der Waals surface area contributed by atoms with Gasteiger partial charge in [-0.15, -0.1) is 0 Å². The molecule has 1 heterocycles. The van der Waals surface area contributed by atoms with E-state index in [1.165, 1.54) is 6.21 Å². The number of hydrazone groups is 1. The molecule has 0 bridgehead atoms. The van der Waals surface area contributed by atoms with Gasteiger partial charge in [0, 0.05) is 22.9 Å². The SMILES string of the molecule is CC(=NOCC(=O)N/N=C/c1c(O)c(Br)cc2oc3c(c12)CCCC3)c1ccccc1. The third-order valence-corrected chi connectivity index (χ3v) is 5.78. The van der Waals surface area contributed by atoms with Crippen LogP contribution in [-0.4, -0.2) is 29.5 Å². The molecule has 2 aromatic carbocycles. The van der Waals surface area contributed by atoms with Crippen LogP contribution in [0.15, 0.2) is 55.5 Å². The molecule has 2 N–H and O–H groups in total. The number of hydrogen-bond acceptors (Lipinski definition) is 6. The van der Waals surface area contributed by atoms with E-state index in [0.717, 1.165) is 48.0 Å². The van der Waals surface area contributed by atoms with Crippen molar-refractivity contribution in [3.8, 4) is 5.75 Å². The number of oxime groups is 1. The molecule has 0 saturated carbocycles. The lowest BCUT2D eigenvalue weighted by Gasteiger charge is -2.10. The monoisotopic (exact) mass is 483 g/mol. The number of hydrogen-bond donors (Lipinski definition) is 2. The van der Waals surface area contributed by atoms with Gasteiger partial charge in [0.2, 0.25) is 0 Å². The number of benzene rings is 2. The predicted octanol–water partition coefficient (Wildman–Crippen LogP) is 4.67. The van der Waals surface area contributed by atoms with Crippen molar-refractivity contribution in [2.45, 2.75) is 32.6 Å². The number of fused-ring (bicyclic) bond motifs is 3. The highest BCUT2D eigenvalue weighted by Gasteiger charge is 2.22. The molecule has 0 spiro atoms. The summed E-state index contributed by atoms with van der Waals surface area (Å²) >= 11 is 3.35. The van der Waals surface area contributed by atoms with Crippen molar-refractivity contribution in [3.05, 3.63) is 63.3 Å². The number of amides is 1. The molecule has 0 unspecified atom stereocenters. The molecule has 0 saturated heterocycles. The molecule has 1 aromatic heterocycles. The third kappa shape index (κ3) is 4.64. The highest BCUT2D eigenvalue weighted by Crippen LogP contribution is 2.40. The summed E-state index contributed by atoms with van der Waals surface area (Å²) in [5.74, 6) is 0.553. The minimum atomic E-state index is -0.458. The molecule has 7 nitrogen and oxygen atoms in total. The number of halogens is 1. The molecule has 0 aliphatic heterocycles. The van der Waals surface area contributed by atoms with Crippen LogP contribution in [0.3, 0.4) is 0 Å². The van der Waals surface area contributed by atoms with Gasteiger partial charge < -0.3 is 14.4 Å². The summed E-state index contributed by atoms with van der Waals surface area (Å²) in [6, 6.07) is 11.3. The van der Waals surface area contributed by atoms with Crippen molar-refractivity contribution in [1.29, 1.82) is 0 Å². The lowest BCUT2D eigenvalue weighted by Crippen LogP contribution is -2.22. The summed E-state index contributed by atoms with van der Waals surface area (Å²) in [6.07, 6.45) is 5.38. The Morgan fingerprint density at radius 3 is 2.87 bits per heavy atom. The van der Waals surface area contributed by atoms with Gasteiger partial charge in [0.05, 0.1) is 16.4 Å². The smallest absolute Gasteiger partial charge is 0.280 e. The molecule has 8 heteroatoms. The Labute approximate surface area is 187 Å². The number of phenolic OH excluding ortho intramolecular Hbond substituents is 1. The number of nitrogens with zero attached hydrogens (tertiary/aromatic N) is 2. The average Bonchev–Trinajstić information content (AvgIpc) is 3.14. The van der Waals surface area contributed by atoms with Gasteiger partial charge in [0.15, 0.2) is 6.61 Å². The summed E-state index contributed by atoms with van der Waals surface area (Å²) in [7, 11) is 0. The molecule has 160 valence electrons. The van der Waals surface area contributed by atoms with Crippen LogP contribution in [0, 0.1) is 0 Å². The zero-order chi connectivity index (χ0) is 21.8. The Morgan fingerprint density at radius 2 is 2.06 bits per heavy atom. The Bertz CT molecular complexity index is 1170. The Hall–Kier alpha value is -3.13. The van der Waals surface area contributed by atoms with Crippen molar-refractivity contribution in [2.75, 3.05) is 6.61 Å². The van der Waals surface area contributed by atoms with E-state index in [4.69, 9.17) is 9.25 Å². The van der Waals surface area contributed by atoms with Crippen LogP contribution >= 0.6 is 15.9 Å². The minimum Gasteiger partial charge on any atom is -0.506 e. The van der Waals surface area contributed by atoms with Gasteiger partial charge in [-0.1, -0.05) is 35.5 Å². The van der Waals surface area contributed by atoms with E-state index in [-0.39, 0.29) is 12.4 Å². The highest BCUT2D eigenvalue weighted by atomic mass is 79.9. The molecule has 4 rings (SSSR count). The second-order valence-corrected chi connectivity index (χ2v) is 8.17. The van der Waals surface area contributed by atoms with Crippen LogP contribution in [0.2, 0.25) is 0 Å². The number of aryl methyl sites for hydroxylation is 2. The maximum atomic E-state index is 12.0. The van der Waals surface area contributed by atoms with Crippen LogP contribution in [0.4, 0.5) is 0 Å². The number of carbonyl (C=O) groups is 1. The van der Waals surface area contributed by atoms with E-state index in [2.05, 4.69) is 31.6 Å². The van der Waals surface area contributed by atoms with E-state index in [9.17, 15) is 9.90 Å². The Kier molecular flexibility index (Phi) is 6.36. The van der Waals surface area contributed by atoms with Crippen molar-refractivity contribution in [2.24, 2.45) is 10.3 Å². The standard InChI is InChI=1S/C23H22BrN3O4/c1-14(15-7-3-2-4-8-15)27-30-13-21(28)26-25-12-17-22-16-9-5-6-10-19(16)31-20(22)11-18(24)23(17)29/h2-4,7-8,11-12,29H,5-6,9-10,13H2,1H3,(H,26,28)/b25-12+,27-14?. The van der Waals surface area contributed by atoms with Gasteiger partial charge in [0.25, 0.3) is 5.91 Å². The van der Waals surface area contributed by atoms with Crippen molar-refractivity contribution >= 4 is 44.7 Å². The molecule has 0 fully saturated rings. The summed E-state index contributed by atoms with van der Waals surface area (Å²) in [6.45, 7) is 1.53. The fraction of sp³-hybridized carbons (Fsp3) is 0.261. The number of rotatable bonds is 6. The summed E-state index contributed by atoms with van der Waals surface area (Å²) in [5.41, 5.74) is 6.30. The van der Waals surface area contributed by atoms with Crippen LogP contribution < -0.4 is 5.43 Å². The van der Waals surface area contributed by atoms with E-state index < -0.39 is 5.91 Å². The van der Waals surface area contributed by atoms with Gasteiger partial charge in [-0.05, 0) is 53.7 Å². The molecule has 3 aromatic rings. The molecule has 1 amide bonds. The molecule has 1 aliphatic carbocycles. The number of aromatic hydroxyl groups is 1. The first kappa shape index (κ1) is 21.1. The maximum absolute atomic E-state index is 12.0. The van der Waals surface area contributed by atoms with Gasteiger partial charge in [0.1, 0.15) is 17.1 Å². The lowest BCUT2D eigenvalue weighted by molar-refractivity contribution is -0.125. The first-order valence-electron chi connectivity index (χ1n) is 10.0. The van der Waals surface area contributed by atoms with Crippen molar-refractivity contribution in [1.82, 2.24) is 5.43 Å². The maximum Gasteiger partial charge on any atom is 0.280 e. The molecule has 0 radical (unpaired) electrons. The quantitative estimate of drug-likeness (QED) is 0.393. The fourth-order valence-electron chi connectivity index (χ4n) is 3.66. The van der Waals surface area contributed by atoms with Crippen LogP contribution in [-0.2, 0) is 22.5 Å². The van der Waals surface area contributed by atoms with Crippen molar-refractivity contribution < 1.29 is 19.2 Å². The largest absolute Gasteiger partial charge is 0.506 e. The zero-order valence-corrected chi connectivity index (χ0v) is 18.6. The van der Waals surface area contributed by atoms with Crippen LogP contribution in [0.25, 0.3) is 11.0 Å². The van der Waals surface area contributed by atoms with Crippen LogP contribution in [0.1, 0.15) is 42.2 Å². The van der Waals surface area contributed by atoms with Crippen LogP contribution in [0.5, 0.6) is 5.75 Å². The molecular formula is C23H22BrN3O4. The second kappa shape index (κ2) is 9.34. The van der Waals surface area contributed by atoms with Gasteiger partial charge >= 0.3 is 0 Å². The number of furan rings is 1. The number of nitrogens with one attached hydrogen (secondary N) is 1. The highest BCUT2D eigenvalue weighted by molar-refractivity contribution is 9.10. The van der Waals surface area contributed by atoms with Gasteiger partial charge in [-0.25, -0.2) is 5.43 Å². The van der Waals surface area contributed by atoms with E-state index in [1.807, 2.05) is 30.3 Å². The molecule has 1 aliphatic rings. The van der Waals surface area contributed by atoms with E-state index in [1.54, 1.807) is 13.0 Å². The summed E-state index contributed by atoms with van der Waals surface area (Å²) in [5, 5.41) is 19.4. The summed E-state index contributed by atoms with van der Waals surface area (Å²) < 4.78 is 6.49. The summed E-state index contributed by atoms with van der Waals surface area (Å²) in [4.78, 5) is 17.2. The fourth-order valence-corrected chi connectivity index (χ4v) is 4.08. The first-order chi connectivity index (χ1) is 15.0. The topological polar surface area (TPSA) is 96.4 Å². The predicted molar refractivity (Wildman–Crippen MR) is 123 cm³/mol. The minimum absolute atomic E-state index is 0.0546. The Balaban J connectivity index is 1.44. The molecular weight excluding hydrogens is 462 g/mol. The Morgan fingerprint density at radius 1 is 1.29 bits per heavy atom. The average molecular weight is 484 g/mol. The van der Waals surface area contributed by atoms with E-state index >= 15 is 0 Å². The zero-order valence-electron chi connectivity index (χ0n) is 17.0. The van der Waals surface area contributed by atoms with Gasteiger partial charge in [-0.3, -0.25) is 4.79 Å². The first-order valence-corrected chi connectivity index (χ1v) is 10.8. The van der Waals surface area contributed by atoms with Gasteiger partial charge in [-0.2, -0.15) is 5.10 Å².